The maximum absolute atomic E-state index is 6.13. The molecule has 0 aliphatic carbocycles. The molecule has 0 fully saturated rings. The largest absolute Gasteiger partial charge is 0.489 e. The SMILES string of the molecule is CCN(CCCCl)c1c(CCNCc2ccc(Cl)c(Cl)c2)cccc1OC(C)C. The monoisotopic (exact) mass is 456 g/mol. The normalized spacial score (nSPS) is 11.1. The number of hydrogen-bond acceptors (Lipinski definition) is 3. The number of rotatable bonds is 12. The van der Waals surface area contributed by atoms with Gasteiger partial charge in [-0.05, 0) is 69.5 Å². The van der Waals surface area contributed by atoms with E-state index in [1.54, 1.807) is 0 Å². The zero-order chi connectivity index (χ0) is 21.2. The maximum Gasteiger partial charge on any atom is 0.143 e. The molecule has 0 bridgehead atoms. The Balaban J connectivity index is 2.10. The van der Waals surface area contributed by atoms with Crippen LogP contribution >= 0.6 is 34.8 Å². The van der Waals surface area contributed by atoms with Gasteiger partial charge in [0.25, 0.3) is 0 Å². The predicted octanol–water partition coefficient (Wildman–Crippen LogP) is 6.57. The lowest BCUT2D eigenvalue weighted by molar-refractivity contribution is 0.242. The van der Waals surface area contributed by atoms with Gasteiger partial charge in [0.05, 0.1) is 21.8 Å². The molecule has 0 amide bonds. The van der Waals surface area contributed by atoms with Gasteiger partial charge in [0, 0.05) is 25.5 Å². The third kappa shape index (κ3) is 7.57. The molecule has 0 unspecified atom stereocenters. The molecule has 3 nitrogen and oxygen atoms in total. The molecule has 2 rings (SSSR count). The highest BCUT2D eigenvalue weighted by atomic mass is 35.5. The van der Waals surface area contributed by atoms with Gasteiger partial charge >= 0.3 is 0 Å². The van der Waals surface area contributed by atoms with E-state index in [4.69, 9.17) is 39.5 Å². The zero-order valence-electron chi connectivity index (χ0n) is 17.5. The highest BCUT2D eigenvalue weighted by Crippen LogP contribution is 2.33. The quantitative estimate of drug-likeness (QED) is 0.288. The number of benzene rings is 2. The van der Waals surface area contributed by atoms with Crippen molar-refractivity contribution in [3.05, 3.63) is 57.6 Å². The van der Waals surface area contributed by atoms with Crippen molar-refractivity contribution in [3.8, 4) is 5.75 Å². The van der Waals surface area contributed by atoms with Crippen molar-refractivity contribution in [1.82, 2.24) is 5.32 Å². The van der Waals surface area contributed by atoms with Crippen LogP contribution in [0.1, 0.15) is 38.3 Å². The molecule has 0 saturated heterocycles. The highest BCUT2D eigenvalue weighted by Gasteiger charge is 2.16. The van der Waals surface area contributed by atoms with Gasteiger partial charge in [-0.25, -0.2) is 0 Å². The van der Waals surface area contributed by atoms with Gasteiger partial charge in [0.15, 0.2) is 0 Å². The summed E-state index contributed by atoms with van der Waals surface area (Å²) < 4.78 is 6.13. The molecule has 29 heavy (non-hydrogen) atoms. The van der Waals surface area contributed by atoms with Crippen LogP contribution in [0.15, 0.2) is 36.4 Å². The van der Waals surface area contributed by atoms with Crippen molar-refractivity contribution < 1.29 is 4.74 Å². The molecule has 6 heteroatoms. The molecule has 0 aromatic heterocycles. The Morgan fingerprint density at radius 2 is 1.90 bits per heavy atom. The molecule has 0 spiro atoms. The van der Waals surface area contributed by atoms with Crippen LogP contribution in [0.25, 0.3) is 0 Å². The first-order valence-corrected chi connectivity index (χ1v) is 11.5. The Labute approximate surface area is 190 Å². The summed E-state index contributed by atoms with van der Waals surface area (Å²) in [5, 5.41) is 4.67. The number of para-hydroxylation sites is 1. The van der Waals surface area contributed by atoms with Gasteiger partial charge in [-0.3, -0.25) is 0 Å². The van der Waals surface area contributed by atoms with E-state index < -0.39 is 0 Å². The molecular formula is C23H31Cl3N2O. The number of alkyl halides is 1. The van der Waals surface area contributed by atoms with Crippen molar-refractivity contribution in [2.45, 2.75) is 46.3 Å². The summed E-state index contributed by atoms with van der Waals surface area (Å²) in [7, 11) is 0. The first-order chi connectivity index (χ1) is 14.0. The molecule has 0 aliphatic heterocycles. The molecule has 1 N–H and O–H groups in total. The minimum absolute atomic E-state index is 0.128. The van der Waals surface area contributed by atoms with Crippen LogP contribution in [0.4, 0.5) is 5.69 Å². The number of halogens is 3. The maximum atomic E-state index is 6.13. The second kappa shape index (κ2) is 12.5. The van der Waals surface area contributed by atoms with Gasteiger partial charge in [-0.15, -0.1) is 11.6 Å². The Morgan fingerprint density at radius 1 is 1.10 bits per heavy atom. The molecule has 0 atom stereocenters. The van der Waals surface area contributed by atoms with Gasteiger partial charge in [0.1, 0.15) is 5.75 Å². The van der Waals surface area contributed by atoms with Gasteiger partial charge in [-0.1, -0.05) is 41.4 Å². The van der Waals surface area contributed by atoms with Crippen molar-refractivity contribution in [2.75, 3.05) is 30.4 Å². The van der Waals surface area contributed by atoms with E-state index in [9.17, 15) is 0 Å². The second-order valence-corrected chi connectivity index (χ2v) is 8.42. The standard InChI is InChI=1S/C23H31Cl3N2O/c1-4-28(14-6-12-24)23-19(7-5-8-22(23)29-17(2)3)11-13-27-16-18-9-10-20(25)21(26)15-18/h5,7-10,15,17,27H,4,6,11-14,16H2,1-3H3. The summed E-state index contributed by atoms with van der Waals surface area (Å²) in [6, 6.07) is 12.1. The smallest absolute Gasteiger partial charge is 0.143 e. The van der Waals surface area contributed by atoms with Gasteiger partial charge in [-0.2, -0.15) is 0 Å². The summed E-state index contributed by atoms with van der Waals surface area (Å²) in [6.07, 6.45) is 1.98. The number of nitrogens with one attached hydrogen (secondary N) is 1. The first kappa shape index (κ1) is 24.1. The van der Waals surface area contributed by atoms with E-state index >= 15 is 0 Å². The van der Waals surface area contributed by atoms with Crippen molar-refractivity contribution >= 4 is 40.5 Å². The lowest BCUT2D eigenvalue weighted by atomic mass is 10.1. The van der Waals surface area contributed by atoms with Crippen LogP contribution in [-0.4, -0.2) is 31.6 Å². The molecule has 0 aliphatic rings. The average Bonchev–Trinajstić information content (AvgIpc) is 2.69. The summed E-state index contributed by atoms with van der Waals surface area (Å²) in [4.78, 5) is 2.37. The van der Waals surface area contributed by atoms with Crippen LogP contribution in [0.2, 0.25) is 10.0 Å². The summed E-state index contributed by atoms with van der Waals surface area (Å²) in [5.41, 5.74) is 3.58. The Bertz CT molecular complexity index is 768. The van der Waals surface area contributed by atoms with E-state index in [0.29, 0.717) is 15.9 Å². The number of ether oxygens (including phenoxy) is 1. The summed E-state index contributed by atoms with van der Waals surface area (Å²) in [6.45, 7) is 9.73. The molecule has 2 aromatic carbocycles. The Morgan fingerprint density at radius 3 is 2.55 bits per heavy atom. The zero-order valence-corrected chi connectivity index (χ0v) is 19.7. The Hall–Kier alpha value is -1.13. The fourth-order valence-electron chi connectivity index (χ4n) is 3.26. The Kier molecular flexibility index (Phi) is 10.4. The van der Waals surface area contributed by atoms with E-state index in [-0.39, 0.29) is 6.10 Å². The third-order valence-electron chi connectivity index (χ3n) is 4.59. The summed E-state index contributed by atoms with van der Waals surface area (Å²) >= 11 is 18.0. The fourth-order valence-corrected chi connectivity index (χ4v) is 3.70. The van der Waals surface area contributed by atoms with Crippen LogP contribution < -0.4 is 15.0 Å². The highest BCUT2D eigenvalue weighted by molar-refractivity contribution is 6.42. The number of anilines is 1. The lowest BCUT2D eigenvalue weighted by Gasteiger charge is -2.29. The minimum atomic E-state index is 0.128. The van der Waals surface area contributed by atoms with Crippen LogP contribution in [0.3, 0.4) is 0 Å². The van der Waals surface area contributed by atoms with Gasteiger partial charge in [0.2, 0.25) is 0 Å². The van der Waals surface area contributed by atoms with Crippen molar-refractivity contribution in [1.29, 1.82) is 0 Å². The van der Waals surface area contributed by atoms with Crippen LogP contribution in [0.5, 0.6) is 5.75 Å². The second-order valence-electron chi connectivity index (χ2n) is 7.23. The topological polar surface area (TPSA) is 24.5 Å². The summed E-state index contributed by atoms with van der Waals surface area (Å²) in [5.74, 6) is 1.60. The van der Waals surface area contributed by atoms with E-state index in [1.807, 2.05) is 18.2 Å². The first-order valence-electron chi connectivity index (χ1n) is 10.2. The van der Waals surface area contributed by atoms with Crippen molar-refractivity contribution in [3.63, 3.8) is 0 Å². The predicted molar refractivity (Wildman–Crippen MR) is 127 cm³/mol. The molecule has 0 saturated carbocycles. The van der Waals surface area contributed by atoms with Crippen LogP contribution in [-0.2, 0) is 13.0 Å². The fraction of sp³-hybridized carbons (Fsp3) is 0.478. The van der Waals surface area contributed by atoms with Crippen LogP contribution in [0, 0.1) is 0 Å². The van der Waals surface area contributed by atoms with Gasteiger partial charge < -0.3 is 15.0 Å². The molecule has 2 aromatic rings. The molecule has 160 valence electrons. The van der Waals surface area contributed by atoms with E-state index in [2.05, 4.69) is 49.2 Å². The molecular weight excluding hydrogens is 427 g/mol. The van der Waals surface area contributed by atoms with Crippen molar-refractivity contribution in [2.24, 2.45) is 0 Å². The minimum Gasteiger partial charge on any atom is -0.489 e. The third-order valence-corrected chi connectivity index (χ3v) is 5.60. The molecule has 0 heterocycles. The van der Waals surface area contributed by atoms with E-state index in [1.165, 1.54) is 11.3 Å². The van der Waals surface area contributed by atoms with E-state index in [0.717, 1.165) is 50.3 Å². The number of nitrogens with zero attached hydrogens (tertiary/aromatic N) is 1. The number of hydrogen-bond donors (Lipinski definition) is 1. The molecule has 0 radical (unpaired) electrons. The average molecular weight is 458 g/mol. The lowest BCUT2D eigenvalue weighted by Crippen LogP contribution is -2.27.